The highest BCUT2D eigenvalue weighted by molar-refractivity contribution is 9.12. The number of aryl methyl sites for hydroxylation is 2. The molecule has 2 rings (SSSR count). The van der Waals surface area contributed by atoms with E-state index in [4.69, 9.17) is 0 Å². The lowest BCUT2D eigenvalue weighted by molar-refractivity contribution is 0.0954. The van der Waals surface area contributed by atoms with Crippen molar-refractivity contribution in [2.24, 2.45) is 5.10 Å². The second kappa shape index (κ2) is 7.71. The number of carbonyl (C=O) groups is 1. The molecular formula is C18H17BrN2O. The van der Waals surface area contributed by atoms with Gasteiger partial charge in [-0.15, -0.1) is 0 Å². The van der Waals surface area contributed by atoms with Crippen molar-refractivity contribution in [1.29, 1.82) is 0 Å². The molecule has 0 aromatic heterocycles. The molecule has 0 atom stereocenters. The Kier molecular flexibility index (Phi) is 5.67. The summed E-state index contributed by atoms with van der Waals surface area (Å²) in [6, 6.07) is 15.6. The van der Waals surface area contributed by atoms with E-state index < -0.39 is 0 Å². The Balaban J connectivity index is 2.00. The Bertz CT molecular complexity index is 721. The van der Waals surface area contributed by atoms with Crippen LogP contribution in [0.25, 0.3) is 6.08 Å². The molecule has 1 N–H and O–H groups in total. The Hall–Kier alpha value is -2.20. The number of allylic oxidation sites excluding steroid dienone is 1. The van der Waals surface area contributed by atoms with E-state index in [-0.39, 0.29) is 5.91 Å². The zero-order valence-electron chi connectivity index (χ0n) is 12.5. The molecule has 0 saturated heterocycles. The van der Waals surface area contributed by atoms with E-state index >= 15 is 0 Å². The predicted octanol–water partition coefficient (Wildman–Crippen LogP) is 4.46. The topological polar surface area (TPSA) is 41.5 Å². The van der Waals surface area contributed by atoms with Crippen molar-refractivity contribution in [2.75, 3.05) is 0 Å². The van der Waals surface area contributed by atoms with Gasteiger partial charge < -0.3 is 0 Å². The van der Waals surface area contributed by atoms with E-state index in [2.05, 4.69) is 26.5 Å². The summed E-state index contributed by atoms with van der Waals surface area (Å²) < 4.78 is 0.777. The summed E-state index contributed by atoms with van der Waals surface area (Å²) in [6.07, 6.45) is 3.49. The molecule has 4 heteroatoms. The molecule has 0 aliphatic carbocycles. The summed E-state index contributed by atoms with van der Waals surface area (Å²) in [5.74, 6) is -0.214. The van der Waals surface area contributed by atoms with Crippen LogP contribution in [0.5, 0.6) is 0 Å². The lowest BCUT2D eigenvalue weighted by atomic mass is 10.1. The molecule has 112 valence electrons. The van der Waals surface area contributed by atoms with Crippen LogP contribution in [0.1, 0.15) is 27.0 Å². The maximum absolute atomic E-state index is 12.1. The van der Waals surface area contributed by atoms with Crippen molar-refractivity contribution in [2.45, 2.75) is 13.8 Å². The van der Waals surface area contributed by atoms with Crippen LogP contribution in [0.2, 0.25) is 0 Å². The van der Waals surface area contributed by atoms with Gasteiger partial charge in [-0.25, -0.2) is 5.43 Å². The van der Waals surface area contributed by atoms with Gasteiger partial charge in [-0.1, -0.05) is 48.0 Å². The second-order valence-corrected chi connectivity index (χ2v) is 5.87. The number of hydrogen-bond donors (Lipinski definition) is 1. The minimum Gasteiger partial charge on any atom is -0.267 e. The zero-order valence-corrected chi connectivity index (χ0v) is 14.1. The van der Waals surface area contributed by atoms with Gasteiger partial charge in [-0.05, 0) is 53.0 Å². The second-order valence-electron chi connectivity index (χ2n) is 4.96. The fourth-order valence-electron chi connectivity index (χ4n) is 2.03. The lowest BCUT2D eigenvalue weighted by Gasteiger charge is -2.04. The molecule has 22 heavy (non-hydrogen) atoms. The van der Waals surface area contributed by atoms with Crippen molar-refractivity contribution < 1.29 is 4.79 Å². The number of nitrogens with one attached hydrogen (secondary N) is 1. The Morgan fingerprint density at radius 2 is 1.86 bits per heavy atom. The standard InChI is InChI=1S/C18H17BrN2O/c1-13-8-9-17(14(2)10-13)18(22)21-20-12-16(19)11-15-6-4-3-5-7-15/h3-12H,1-2H3,(H,21,22)/b16-11-,20-12+. The van der Waals surface area contributed by atoms with Crippen LogP contribution in [-0.4, -0.2) is 12.1 Å². The van der Waals surface area contributed by atoms with Crippen LogP contribution < -0.4 is 5.43 Å². The molecular weight excluding hydrogens is 340 g/mol. The third kappa shape index (κ3) is 4.67. The molecule has 0 unspecified atom stereocenters. The number of nitrogens with zero attached hydrogens (tertiary/aromatic N) is 1. The normalized spacial score (nSPS) is 11.7. The molecule has 0 radical (unpaired) electrons. The SMILES string of the molecule is Cc1ccc(C(=O)N/N=C/C(Br)=C/c2ccccc2)c(C)c1. The lowest BCUT2D eigenvalue weighted by Crippen LogP contribution is -2.18. The smallest absolute Gasteiger partial charge is 0.267 e. The molecule has 0 aliphatic heterocycles. The van der Waals surface area contributed by atoms with Gasteiger partial charge in [0.1, 0.15) is 0 Å². The first-order valence-corrected chi connectivity index (χ1v) is 7.68. The predicted molar refractivity (Wildman–Crippen MR) is 95.2 cm³/mol. The van der Waals surface area contributed by atoms with Crippen LogP contribution in [0.4, 0.5) is 0 Å². The summed E-state index contributed by atoms with van der Waals surface area (Å²) in [5, 5.41) is 3.97. The average molecular weight is 357 g/mol. The molecule has 2 aromatic carbocycles. The number of amides is 1. The van der Waals surface area contributed by atoms with Crippen LogP contribution in [0, 0.1) is 13.8 Å². The highest BCUT2D eigenvalue weighted by atomic mass is 79.9. The van der Waals surface area contributed by atoms with Crippen LogP contribution in [0.3, 0.4) is 0 Å². The van der Waals surface area contributed by atoms with E-state index in [0.717, 1.165) is 21.2 Å². The number of carbonyl (C=O) groups excluding carboxylic acids is 1. The molecule has 1 amide bonds. The van der Waals surface area contributed by atoms with Gasteiger partial charge in [-0.2, -0.15) is 5.10 Å². The van der Waals surface area contributed by atoms with E-state index in [1.54, 1.807) is 6.21 Å². The van der Waals surface area contributed by atoms with Crippen molar-refractivity contribution in [3.63, 3.8) is 0 Å². The van der Waals surface area contributed by atoms with Crippen LogP contribution in [-0.2, 0) is 0 Å². The number of halogens is 1. The van der Waals surface area contributed by atoms with Crippen LogP contribution in [0.15, 0.2) is 58.1 Å². The molecule has 0 spiro atoms. The number of hydrazone groups is 1. The highest BCUT2D eigenvalue weighted by Gasteiger charge is 2.07. The van der Waals surface area contributed by atoms with E-state index in [1.807, 2.05) is 68.5 Å². The maximum Gasteiger partial charge on any atom is 0.271 e. The van der Waals surface area contributed by atoms with Gasteiger partial charge >= 0.3 is 0 Å². The molecule has 2 aromatic rings. The maximum atomic E-state index is 12.1. The monoisotopic (exact) mass is 356 g/mol. The first-order chi connectivity index (χ1) is 10.6. The fourth-order valence-corrected chi connectivity index (χ4v) is 2.39. The quantitative estimate of drug-likeness (QED) is 0.637. The van der Waals surface area contributed by atoms with Gasteiger partial charge in [0, 0.05) is 10.0 Å². The summed E-state index contributed by atoms with van der Waals surface area (Å²) in [5.41, 5.74) is 6.29. The van der Waals surface area contributed by atoms with Crippen LogP contribution >= 0.6 is 15.9 Å². The van der Waals surface area contributed by atoms with Crippen molar-refractivity contribution in [3.8, 4) is 0 Å². The number of rotatable bonds is 4. The summed E-state index contributed by atoms with van der Waals surface area (Å²) in [7, 11) is 0. The minimum atomic E-state index is -0.214. The van der Waals surface area contributed by atoms with Gasteiger partial charge in [0.25, 0.3) is 5.91 Å². The number of benzene rings is 2. The number of hydrogen-bond acceptors (Lipinski definition) is 2. The molecule has 0 heterocycles. The summed E-state index contributed by atoms with van der Waals surface area (Å²) in [4.78, 5) is 12.1. The molecule has 0 bridgehead atoms. The molecule has 0 saturated carbocycles. The van der Waals surface area contributed by atoms with E-state index in [9.17, 15) is 4.79 Å². The average Bonchev–Trinajstić information content (AvgIpc) is 2.48. The van der Waals surface area contributed by atoms with Gasteiger partial charge in [0.15, 0.2) is 0 Å². The van der Waals surface area contributed by atoms with Gasteiger partial charge in [-0.3, -0.25) is 4.79 Å². The van der Waals surface area contributed by atoms with E-state index in [1.165, 1.54) is 0 Å². The molecule has 3 nitrogen and oxygen atoms in total. The van der Waals surface area contributed by atoms with Crippen molar-refractivity contribution in [1.82, 2.24) is 5.43 Å². The first-order valence-electron chi connectivity index (χ1n) is 6.89. The van der Waals surface area contributed by atoms with Gasteiger partial charge in [0.05, 0.1) is 6.21 Å². The minimum absolute atomic E-state index is 0.214. The summed E-state index contributed by atoms with van der Waals surface area (Å²) >= 11 is 3.41. The van der Waals surface area contributed by atoms with Crippen molar-refractivity contribution >= 4 is 34.1 Å². The Labute approximate surface area is 138 Å². The third-order valence-corrected chi connectivity index (χ3v) is 3.52. The highest BCUT2D eigenvalue weighted by Crippen LogP contribution is 2.11. The molecule has 0 aliphatic rings. The molecule has 0 fully saturated rings. The van der Waals surface area contributed by atoms with Gasteiger partial charge in [0.2, 0.25) is 0 Å². The van der Waals surface area contributed by atoms with E-state index in [0.29, 0.717) is 5.56 Å². The largest absolute Gasteiger partial charge is 0.271 e. The Morgan fingerprint density at radius 3 is 2.55 bits per heavy atom. The first kappa shape index (κ1) is 16.2. The zero-order chi connectivity index (χ0) is 15.9. The summed E-state index contributed by atoms with van der Waals surface area (Å²) in [6.45, 7) is 3.91. The van der Waals surface area contributed by atoms with Crippen molar-refractivity contribution in [3.05, 3.63) is 75.3 Å². The fraction of sp³-hybridized carbons (Fsp3) is 0.111. The third-order valence-electron chi connectivity index (χ3n) is 3.08. The Morgan fingerprint density at radius 1 is 1.14 bits per heavy atom.